The zero-order chi connectivity index (χ0) is 20.4. The SMILES string of the molecule is O=C(NCCCn1cnc(Cl)c1Cl)c1ccnc2[nH]c(-c3ccc(F)cc3)nc12. The third-order valence-electron chi connectivity index (χ3n) is 4.34. The van der Waals surface area contributed by atoms with Crippen molar-refractivity contribution in [1.29, 1.82) is 0 Å². The molecule has 148 valence electrons. The molecule has 10 heteroatoms. The number of hydrogen-bond donors (Lipinski definition) is 2. The van der Waals surface area contributed by atoms with Crippen LogP contribution in [-0.2, 0) is 6.54 Å². The average molecular weight is 433 g/mol. The van der Waals surface area contributed by atoms with Crippen LogP contribution in [0.5, 0.6) is 0 Å². The molecule has 3 heterocycles. The van der Waals surface area contributed by atoms with Gasteiger partial charge in [-0.3, -0.25) is 4.79 Å². The van der Waals surface area contributed by atoms with Crippen LogP contribution in [0.2, 0.25) is 10.3 Å². The molecule has 2 N–H and O–H groups in total. The van der Waals surface area contributed by atoms with Gasteiger partial charge in [0.2, 0.25) is 0 Å². The molecule has 0 unspecified atom stereocenters. The first-order chi connectivity index (χ1) is 14.0. The van der Waals surface area contributed by atoms with E-state index in [4.69, 9.17) is 23.2 Å². The largest absolute Gasteiger partial charge is 0.352 e. The molecule has 0 aliphatic heterocycles. The molecule has 4 aromatic rings. The average Bonchev–Trinajstić information content (AvgIpc) is 3.29. The Morgan fingerprint density at radius 1 is 1.17 bits per heavy atom. The second kappa shape index (κ2) is 8.18. The highest BCUT2D eigenvalue weighted by molar-refractivity contribution is 6.40. The van der Waals surface area contributed by atoms with Gasteiger partial charge in [-0.2, -0.15) is 0 Å². The number of hydrogen-bond acceptors (Lipinski definition) is 4. The molecule has 1 amide bonds. The minimum Gasteiger partial charge on any atom is -0.352 e. The zero-order valence-corrected chi connectivity index (χ0v) is 16.5. The topological polar surface area (TPSA) is 88.5 Å². The highest BCUT2D eigenvalue weighted by atomic mass is 35.5. The molecular weight excluding hydrogens is 418 g/mol. The van der Waals surface area contributed by atoms with Gasteiger partial charge in [0.1, 0.15) is 22.3 Å². The smallest absolute Gasteiger partial charge is 0.253 e. The molecule has 0 atom stereocenters. The molecule has 1 aromatic carbocycles. The summed E-state index contributed by atoms with van der Waals surface area (Å²) < 4.78 is 14.9. The number of rotatable bonds is 6. The highest BCUT2D eigenvalue weighted by Crippen LogP contribution is 2.22. The summed E-state index contributed by atoms with van der Waals surface area (Å²) >= 11 is 11.8. The van der Waals surface area contributed by atoms with E-state index in [1.165, 1.54) is 18.3 Å². The normalized spacial score (nSPS) is 11.1. The predicted octanol–water partition coefficient (Wildman–Crippen LogP) is 4.09. The number of carbonyl (C=O) groups excluding carboxylic acids is 1. The lowest BCUT2D eigenvalue weighted by Gasteiger charge is -2.07. The minimum absolute atomic E-state index is 0.255. The maximum Gasteiger partial charge on any atom is 0.253 e. The van der Waals surface area contributed by atoms with Crippen molar-refractivity contribution in [2.75, 3.05) is 6.54 Å². The van der Waals surface area contributed by atoms with Crippen molar-refractivity contribution in [3.8, 4) is 11.4 Å². The fraction of sp³-hybridized carbons (Fsp3) is 0.158. The van der Waals surface area contributed by atoms with Crippen molar-refractivity contribution in [1.82, 2.24) is 29.8 Å². The van der Waals surface area contributed by atoms with Gasteiger partial charge in [0, 0.05) is 24.8 Å². The monoisotopic (exact) mass is 432 g/mol. The Morgan fingerprint density at radius 2 is 1.97 bits per heavy atom. The van der Waals surface area contributed by atoms with Crippen LogP contribution in [0.25, 0.3) is 22.6 Å². The molecule has 0 bridgehead atoms. The van der Waals surface area contributed by atoms with Crippen molar-refractivity contribution in [3.05, 3.63) is 64.5 Å². The standard InChI is InChI=1S/C19H15Cl2FN6O/c20-15-16(21)28(10-25-15)9-1-7-24-19(29)13-6-8-23-18-14(13)26-17(27-18)11-2-4-12(22)5-3-11/h2-6,8,10H,1,7,9H2,(H,24,29)(H,23,26,27). The van der Waals surface area contributed by atoms with Crippen LogP contribution in [0.4, 0.5) is 4.39 Å². The lowest BCUT2D eigenvalue weighted by Crippen LogP contribution is -2.25. The molecule has 0 saturated heterocycles. The van der Waals surface area contributed by atoms with E-state index >= 15 is 0 Å². The molecule has 4 rings (SSSR count). The van der Waals surface area contributed by atoms with Crippen LogP contribution in [-0.4, -0.2) is 37.0 Å². The van der Waals surface area contributed by atoms with Crippen molar-refractivity contribution in [2.45, 2.75) is 13.0 Å². The molecule has 7 nitrogen and oxygen atoms in total. The summed E-state index contributed by atoms with van der Waals surface area (Å²) in [5.41, 5.74) is 2.04. The third-order valence-corrected chi connectivity index (χ3v) is 5.11. The van der Waals surface area contributed by atoms with E-state index in [9.17, 15) is 9.18 Å². The lowest BCUT2D eigenvalue weighted by molar-refractivity contribution is 0.0954. The number of aromatic nitrogens is 5. The van der Waals surface area contributed by atoms with E-state index in [0.717, 1.165) is 0 Å². The van der Waals surface area contributed by atoms with Crippen LogP contribution in [0, 0.1) is 5.82 Å². The van der Waals surface area contributed by atoms with Gasteiger partial charge in [-0.25, -0.2) is 19.3 Å². The Balaban J connectivity index is 1.46. The minimum atomic E-state index is -0.331. The van der Waals surface area contributed by atoms with E-state index in [1.54, 1.807) is 29.1 Å². The van der Waals surface area contributed by atoms with Crippen molar-refractivity contribution in [3.63, 3.8) is 0 Å². The number of H-pyrrole nitrogens is 1. The van der Waals surface area contributed by atoms with E-state index in [1.807, 2.05) is 0 Å². The van der Waals surface area contributed by atoms with Crippen LogP contribution < -0.4 is 5.32 Å². The van der Waals surface area contributed by atoms with Gasteiger partial charge >= 0.3 is 0 Å². The molecule has 0 saturated carbocycles. The maximum atomic E-state index is 13.1. The molecule has 0 aliphatic carbocycles. The fourth-order valence-corrected chi connectivity index (χ4v) is 3.21. The van der Waals surface area contributed by atoms with E-state index < -0.39 is 0 Å². The Bertz CT molecular complexity index is 1170. The Hall–Kier alpha value is -2.97. The second-order valence-electron chi connectivity index (χ2n) is 6.28. The van der Waals surface area contributed by atoms with Crippen LogP contribution in [0.3, 0.4) is 0 Å². The summed E-state index contributed by atoms with van der Waals surface area (Å²) in [6, 6.07) is 7.53. The molecule has 0 spiro atoms. The first kappa shape index (κ1) is 19.4. The molecule has 0 radical (unpaired) electrons. The number of imidazole rings is 2. The first-order valence-corrected chi connectivity index (χ1v) is 9.53. The number of fused-ring (bicyclic) bond motifs is 1. The van der Waals surface area contributed by atoms with Gasteiger partial charge in [-0.05, 0) is 36.8 Å². The second-order valence-corrected chi connectivity index (χ2v) is 6.99. The summed E-state index contributed by atoms with van der Waals surface area (Å²) in [5, 5.41) is 3.49. The number of amides is 1. The number of nitrogens with one attached hydrogen (secondary N) is 2. The van der Waals surface area contributed by atoms with Gasteiger partial charge in [0.25, 0.3) is 5.91 Å². The lowest BCUT2D eigenvalue weighted by atomic mass is 10.2. The quantitative estimate of drug-likeness (QED) is 0.449. The Kier molecular flexibility index (Phi) is 5.46. The van der Waals surface area contributed by atoms with Gasteiger partial charge in [0.15, 0.2) is 10.8 Å². The molecular formula is C19H15Cl2FN6O. The van der Waals surface area contributed by atoms with Crippen molar-refractivity contribution >= 4 is 40.3 Å². The first-order valence-electron chi connectivity index (χ1n) is 8.78. The van der Waals surface area contributed by atoms with E-state index in [2.05, 4.69) is 25.3 Å². The number of pyridine rings is 1. The molecule has 29 heavy (non-hydrogen) atoms. The molecule has 0 aliphatic rings. The summed E-state index contributed by atoms with van der Waals surface area (Å²) in [6.07, 6.45) is 3.74. The number of aromatic amines is 1. The van der Waals surface area contributed by atoms with Gasteiger partial charge in [-0.1, -0.05) is 23.2 Å². The number of benzene rings is 1. The third kappa shape index (κ3) is 4.08. The van der Waals surface area contributed by atoms with Gasteiger partial charge in [-0.15, -0.1) is 0 Å². The van der Waals surface area contributed by atoms with Crippen molar-refractivity contribution in [2.24, 2.45) is 0 Å². The predicted molar refractivity (Wildman–Crippen MR) is 108 cm³/mol. The van der Waals surface area contributed by atoms with E-state index in [0.29, 0.717) is 52.8 Å². The number of aryl methyl sites for hydroxylation is 1. The summed E-state index contributed by atoms with van der Waals surface area (Å²) in [7, 11) is 0. The Morgan fingerprint density at radius 3 is 2.69 bits per heavy atom. The number of carbonyl (C=O) groups is 1. The van der Waals surface area contributed by atoms with Gasteiger partial charge < -0.3 is 14.9 Å². The number of halogens is 3. The summed E-state index contributed by atoms with van der Waals surface area (Å²) in [6.45, 7) is 1.01. The zero-order valence-electron chi connectivity index (χ0n) is 15.0. The maximum absolute atomic E-state index is 13.1. The van der Waals surface area contributed by atoms with E-state index in [-0.39, 0.29) is 16.9 Å². The van der Waals surface area contributed by atoms with Crippen LogP contribution in [0.15, 0.2) is 42.9 Å². The number of nitrogens with zero attached hydrogens (tertiary/aromatic N) is 4. The van der Waals surface area contributed by atoms with Gasteiger partial charge in [0.05, 0.1) is 11.9 Å². The summed E-state index contributed by atoms with van der Waals surface area (Å²) in [5.74, 6) is -0.0778. The fourth-order valence-electron chi connectivity index (χ4n) is 2.88. The molecule has 0 fully saturated rings. The summed E-state index contributed by atoms with van der Waals surface area (Å²) in [4.78, 5) is 28.3. The Labute approximate surface area is 174 Å². The highest BCUT2D eigenvalue weighted by Gasteiger charge is 2.15. The van der Waals surface area contributed by atoms with Crippen LogP contribution >= 0.6 is 23.2 Å². The molecule has 3 aromatic heterocycles. The van der Waals surface area contributed by atoms with Crippen LogP contribution in [0.1, 0.15) is 16.8 Å². The van der Waals surface area contributed by atoms with Crippen molar-refractivity contribution < 1.29 is 9.18 Å².